The quantitative estimate of drug-likeness (QED) is 0.544. The molecule has 0 unspecified atom stereocenters. The van der Waals surface area contributed by atoms with Gasteiger partial charge in [-0.25, -0.2) is 0 Å². The molecule has 1 aromatic carbocycles. The molecule has 0 fully saturated rings. The number of benzene rings is 1. The highest BCUT2D eigenvalue weighted by molar-refractivity contribution is 6.59. The first-order valence-corrected chi connectivity index (χ1v) is 4.87. The molecule has 0 amide bonds. The maximum absolute atomic E-state index is 9.27. The summed E-state index contributed by atoms with van der Waals surface area (Å²) in [6, 6.07) is 7.61. The van der Waals surface area contributed by atoms with Crippen molar-refractivity contribution in [3.05, 3.63) is 29.8 Å². The molecular formula is C11H18BO2+. The van der Waals surface area contributed by atoms with Crippen molar-refractivity contribution in [2.45, 2.75) is 27.2 Å². The Morgan fingerprint density at radius 3 is 2.36 bits per heavy atom. The summed E-state index contributed by atoms with van der Waals surface area (Å²) < 4.78 is 0. The van der Waals surface area contributed by atoms with E-state index in [9.17, 15) is 5.02 Å². The van der Waals surface area contributed by atoms with Gasteiger partial charge in [0.15, 0.2) is 0 Å². The molecule has 0 bridgehead atoms. The molecule has 0 aliphatic carbocycles. The fraction of sp³-hybridized carbons (Fsp3) is 0.455. The lowest BCUT2D eigenvalue weighted by atomic mass is 9.73. The third-order valence-electron chi connectivity index (χ3n) is 2.07. The van der Waals surface area contributed by atoms with Crippen LogP contribution in [-0.4, -0.2) is 17.2 Å². The fourth-order valence-electron chi connectivity index (χ4n) is 1.53. The van der Waals surface area contributed by atoms with E-state index < -0.39 is 7.12 Å². The SMILES string of the molecule is CC(C)(C)Cc1ccccc1B(O)[OH2+]. The zero-order chi connectivity index (χ0) is 10.8. The smallest absolute Gasteiger partial charge is 0.522 e. The lowest BCUT2D eigenvalue weighted by Gasteiger charge is -2.19. The summed E-state index contributed by atoms with van der Waals surface area (Å²) in [5, 5.41) is 16.6. The Bertz CT molecular complexity index is 302. The van der Waals surface area contributed by atoms with E-state index in [2.05, 4.69) is 20.8 Å². The van der Waals surface area contributed by atoms with Crippen LogP contribution in [-0.2, 0) is 6.42 Å². The third kappa shape index (κ3) is 3.16. The summed E-state index contributed by atoms with van der Waals surface area (Å²) in [4.78, 5) is 0. The Morgan fingerprint density at radius 2 is 1.86 bits per heavy atom. The van der Waals surface area contributed by atoms with Crippen molar-refractivity contribution < 1.29 is 10.0 Å². The molecule has 3 N–H and O–H groups in total. The zero-order valence-corrected chi connectivity index (χ0v) is 9.04. The lowest BCUT2D eigenvalue weighted by molar-refractivity contribution is 0.407. The van der Waals surface area contributed by atoms with Gasteiger partial charge >= 0.3 is 7.12 Å². The Hall–Kier alpha value is -0.795. The molecule has 0 heterocycles. The van der Waals surface area contributed by atoms with Crippen molar-refractivity contribution in [2.75, 3.05) is 0 Å². The Morgan fingerprint density at radius 1 is 1.29 bits per heavy atom. The van der Waals surface area contributed by atoms with Crippen molar-refractivity contribution >= 4 is 12.6 Å². The number of hydrogen-bond donors (Lipinski definition) is 1. The first-order chi connectivity index (χ1) is 6.40. The van der Waals surface area contributed by atoms with Crippen molar-refractivity contribution in [2.24, 2.45) is 5.41 Å². The average molecular weight is 193 g/mol. The van der Waals surface area contributed by atoms with Crippen LogP contribution in [0.3, 0.4) is 0 Å². The molecule has 14 heavy (non-hydrogen) atoms. The molecule has 0 aromatic heterocycles. The monoisotopic (exact) mass is 193 g/mol. The highest BCUT2D eigenvalue weighted by Gasteiger charge is 2.26. The van der Waals surface area contributed by atoms with Crippen molar-refractivity contribution in [1.82, 2.24) is 0 Å². The van der Waals surface area contributed by atoms with Crippen LogP contribution >= 0.6 is 0 Å². The molecule has 0 saturated carbocycles. The van der Waals surface area contributed by atoms with Gasteiger partial charge in [0.25, 0.3) is 0 Å². The first-order valence-electron chi connectivity index (χ1n) is 4.87. The van der Waals surface area contributed by atoms with E-state index in [-0.39, 0.29) is 5.41 Å². The third-order valence-corrected chi connectivity index (χ3v) is 2.07. The van der Waals surface area contributed by atoms with Crippen LogP contribution in [0.5, 0.6) is 0 Å². The predicted molar refractivity (Wildman–Crippen MR) is 60.8 cm³/mol. The minimum absolute atomic E-state index is 0.186. The fourth-order valence-corrected chi connectivity index (χ4v) is 1.53. The molecule has 0 atom stereocenters. The first kappa shape index (κ1) is 11.3. The second-order valence-corrected chi connectivity index (χ2v) is 4.84. The summed E-state index contributed by atoms with van der Waals surface area (Å²) in [7, 11) is -1.12. The molecule has 2 nitrogen and oxygen atoms in total. The van der Waals surface area contributed by atoms with Gasteiger partial charge in [0.05, 0.1) is 5.46 Å². The maximum atomic E-state index is 9.27. The van der Waals surface area contributed by atoms with Crippen LogP contribution in [0.1, 0.15) is 26.3 Å². The Labute approximate surface area is 85.7 Å². The highest BCUT2D eigenvalue weighted by Crippen LogP contribution is 2.19. The van der Waals surface area contributed by atoms with Crippen molar-refractivity contribution in [3.63, 3.8) is 0 Å². The van der Waals surface area contributed by atoms with Gasteiger partial charge in [0.2, 0.25) is 0 Å². The van der Waals surface area contributed by atoms with E-state index in [1.165, 1.54) is 0 Å². The van der Waals surface area contributed by atoms with E-state index in [0.29, 0.717) is 0 Å². The van der Waals surface area contributed by atoms with Crippen LogP contribution in [0.15, 0.2) is 24.3 Å². The predicted octanol–water partition coefficient (Wildman–Crippen LogP) is 0.687. The van der Waals surface area contributed by atoms with Gasteiger partial charge in [0, 0.05) is 0 Å². The summed E-state index contributed by atoms with van der Waals surface area (Å²) in [5.74, 6) is 0. The average Bonchev–Trinajstić information content (AvgIpc) is 2.01. The van der Waals surface area contributed by atoms with E-state index >= 15 is 0 Å². The highest BCUT2D eigenvalue weighted by atomic mass is 16.4. The summed E-state index contributed by atoms with van der Waals surface area (Å²) >= 11 is 0. The number of rotatable bonds is 2. The van der Waals surface area contributed by atoms with E-state index in [4.69, 9.17) is 5.02 Å². The van der Waals surface area contributed by atoms with E-state index in [1.807, 2.05) is 24.3 Å². The molecular weight excluding hydrogens is 175 g/mol. The maximum Gasteiger partial charge on any atom is 0.728 e. The van der Waals surface area contributed by atoms with Crippen molar-refractivity contribution in [3.8, 4) is 0 Å². The Balaban J connectivity index is 2.96. The van der Waals surface area contributed by atoms with Crippen LogP contribution in [0, 0.1) is 5.41 Å². The normalized spacial score (nSPS) is 11.5. The topological polar surface area (TPSA) is 43.1 Å². The van der Waals surface area contributed by atoms with Gasteiger partial charge in [-0.05, 0) is 17.4 Å². The van der Waals surface area contributed by atoms with Crippen LogP contribution < -0.4 is 5.46 Å². The van der Waals surface area contributed by atoms with E-state index in [1.54, 1.807) is 0 Å². The van der Waals surface area contributed by atoms with Gasteiger partial charge in [0.1, 0.15) is 0 Å². The van der Waals surface area contributed by atoms with Gasteiger partial charge in [-0.15, -0.1) is 0 Å². The van der Waals surface area contributed by atoms with Crippen LogP contribution in [0.2, 0.25) is 0 Å². The molecule has 1 aromatic rings. The van der Waals surface area contributed by atoms with E-state index in [0.717, 1.165) is 17.4 Å². The molecule has 0 spiro atoms. The largest absolute Gasteiger partial charge is 0.728 e. The van der Waals surface area contributed by atoms with Gasteiger partial charge in [-0.1, -0.05) is 45.0 Å². The molecule has 0 aliphatic heterocycles. The minimum Gasteiger partial charge on any atom is -0.522 e. The molecule has 1 rings (SSSR count). The van der Waals surface area contributed by atoms with Gasteiger partial charge in [-0.3, -0.25) is 0 Å². The molecule has 0 saturated heterocycles. The second-order valence-electron chi connectivity index (χ2n) is 4.84. The standard InChI is InChI=1S/C11H17BO2/c1-11(2,3)8-9-6-4-5-7-10(9)12(13)14/h4-7,13-14H,8H2,1-3H3/p+1. The van der Waals surface area contributed by atoms with Crippen molar-refractivity contribution in [1.29, 1.82) is 0 Å². The number of hydrogen-bond acceptors (Lipinski definition) is 1. The van der Waals surface area contributed by atoms with Crippen LogP contribution in [0.4, 0.5) is 0 Å². The minimum atomic E-state index is -1.12. The second kappa shape index (κ2) is 4.15. The molecule has 0 radical (unpaired) electrons. The summed E-state index contributed by atoms with van der Waals surface area (Å²) in [6.45, 7) is 6.46. The molecule has 3 heteroatoms. The van der Waals surface area contributed by atoms with Crippen LogP contribution in [0.25, 0.3) is 0 Å². The summed E-state index contributed by atoms with van der Waals surface area (Å²) in [6.07, 6.45) is 0.888. The van der Waals surface area contributed by atoms with Gasteiger partial charge in [-0.2, -0.15) is 0 Å². The zero-order valence-electron chi connectivity index (χ0n) is 9.04. The molecule has 0 aliphatic rings. The molecule has 76 valence electrons. The van der Waals surface area contributed by atoms with Gasteiger partial charge < -0.3 is 10.0 Å². The lowest BCUT2D eigenvalue weighted by Crippen LogP contribution is -2.34. The Kier molecular flexibility index (Phi) is 3.35. The summed E-state index contributed by atoms with van der Waals surface area (Å²) in [5.41, 5.74) is 1.98.